The van der Waals surface area contributed by atoms with Gasteiger partial charge in [-0.15, -0.1) is 0 Å². The molecule has 0 fully saturated rings. The number of ether oxygens (including phenoxy) is 1. The Bertz CT molecular complexity index is 341. The molecule has 0 bridgehead atoms. The Morgan fingerprint density at radius 3 is 2.53 bits per heavy atom. The molecule has 3 heteroatoms. The number of anilines is 1. The monoisotopic (exact) mass is 264 g/mol. The number of methoxy groups -OCH3 is 1. The van der Waals surface area contributed by atoms with Crippen molar-refractivity contribution in [1.82, 2.24) is 4.98 Å². The average Bonchev–Trinajstić information content (AvgIpc) is 2.46. The first-order valence-corrected chi connectivity index (χ1v) is 7.57. The molecule has 0 N–H and O–H groups in total. The van der Waals surface area contributed by atoms with Gasteiger partial charge >= 0.3 is 0 Å². The van der Waals surface area contributed by atoms with E-state index in [1.807, 2.05) is 18.3 Å². The smallest absolute Gasteiger partial charge is 0.171 e. The number of hydrogen-bond donors (Lipinski definition) is 0. The summed E-state index contributed by atoms with van der Waals surface area (Å²) in [4.78, 5) is 6.84. The maximum absolute atomic E-state index is 5.41. The molecule has 1 rings (SSSR count). The second kappa shape index (κ2) is 9.65. The van der Waals surface area contributed by atoms with Gasteiger partial charge in [-0.2, -0.15) is 0 Å². The number of rotatable bonds is 10. The molecular formula is C16H28N2O. The summed E-state index contributed by atoms with van der Waals surface area (Å²) in [6.07, 6.45) is 9.51. The van der Waals surface area contributed by atoms with Gasteiger partial charge in [0.15, 0.2) is 11.6 Å². The molecule has 1 aromatic heterocycles. The Hall–Kier alpha value is -1.25. The molecule has 0 amide bonds. The molecule has 0 unspecified atom stereocenters. The van der Waals surface area contributed by atoms with Crippen LogP contribution < -0.4 is 9.64 Å². The molecule has 0 aliphatic heterocycles. The van der Waals surface area contributed by atoms with Gasteiger partial charge in [-0.25, -0.2) is 4.98 Å². The Morgan fingerprint density at radius 2 is 1.84 bits per heavy atom. The van der Waals surface area contributed by atoms with E-state index in [-0.39, 0.29) is 0 Å². The van der Waals surface area contributed by atoms with Gasteiger partial charge in [0.2, 0.25) is 0 Å². The van der Waals surface area contributed by atoms with Gasteiger partial charge in [-0.1, -0.05) is 39.5 Å². The summed E-state index contributed by atoms with van der Waals surface area (Å²) in [6, 6.07) is 3.91. The van der Waals surface area contributed by atoms with E-state index in [2.05, 4.69) is 23.7 Å². The number of pyridine rings is 1. The van der Waals surface area contributed by atoms with Crippen molar-refractivity contribution in [3.8, 4) is 5.75 Å². The van der Waals surface area contributed by atoms with Crippen LogP contribution in [-0.4, -0.2) is 25.2 Å². The van der Waals surface area contributed by atoms with Gasteiger partial charge in [0, 0.05) is 19.3 Å². The van der Waals surface area contributed by atoms with Crippen LogP contribution in [0.4, 0.5) is 5.82 Å². The minimum absolute atomic E-state index is 0.879. The van der Waals surface area contributed by atoms with Crippen LogP contribution in [0.3, 0.4) is 0 Å². The molecule has 0 saturated carbocycles. The van der Waals surface area contributed by atoms with E-state index in [9.17, 15) is 0 Å². The van der Waals surface area contributed by atoms with Crippen molar-refractivity contribution in [2.24, 2.45) is 0 Å². The highest BCUT2D eigenvalue weighted by molar-refractivity contribution is 5.51. The number of aromatic nitrogens is 1. The molecule has 0 aromatic carbocycles. The van der Waals surface area contributed by atoms with Crippen molar-refractivity contribution in [1.29, 1.82) is 0 Å². The maximum atomic E-state index is 5.41. The minimum atomic E-state index is 0.879. The van der Waals surface area contributed by atoms with E-state index >= 15 is 0 Å². The quantitative estimate of drug-likeness (QED) is 0.590. The second-order valence-electron chi connectivity index (χ2n) is 4.93. The zero-order valence-corrected chi connectivity index (χ0v) is 12.7. The molecule has 0 saturated heterocycles. The largest absolute Gasteiger partial charge is 0.493 e. The summed E-state index contributed by atoms with van der Waals surface area (Å²) in [6.45, 7) is 6.58. The van der Waals surface area contributed by atoms with Crippen molar-refractivity contribution in [3.63, 3.8) is 0 Å². The lowest BCUT2D eigenvalue weighted by atomic mass is 10.1. The lowest BCUT2D eigenvalue weighted by Gasteiger charge is -2.24. The van der Waals surface area contributed by atoms with Crippen LogP contribution in [-0.2, 0) is 0 Å². The van der Waals surface area contributed by atoms with Gasteiger partial charge in [-0.05, 0) is 25.0 Å². The first-order valence-electron chi connectivity index (χ1n) is 7.57. The summed E-state index contributed by atoms with van der Waals surface area (Å²) in [5.41, 5.74) is 0. The van der Waals surface area contributed by atoms with E-state index in [0.29, 0.717) is 0 Å². The molecule has 0 radical (unpaired) electrons. The predicted molar refractivity (Wildman–Crippen MR) is 82.1 cm³/mol. The van der Waals surface area contributed by atoms with Gasteiger partial charge in [0.25, 0.3) is 0 Å². The van der Waals surface area contributed by atoms with Crippen LogP contribution >= 0.6 is 0 Å². The van der Waals surface area contributed by atoms with Crippen molar-refractivity contribution >= 4 is 5.82 Å². The van der Waals surface area contributed by atoms with E-state index in [4.69, 9.17) is 4.74 Å². The van der Waals surface area contributed by atoms with Crippen molar-refractivity contribution < 1.29 is 4.74 Å². The fourth-order valence-electron chi connectivity index (χ4n) is 2.28. The van der Waals surface area contributed by atoms with Gasteiger partial charge in [0.1, 0.15) is 0 Å². The molecule has 0 aliphatic rings. The van der Waals surface area contributed by atoms with Gasteiger partial charge in [-0.3, -0.25) is 0 Å². The van der Waals surface area contributed by atoms with Crippen LogP contribution in [0.1, 0.15) is 52.4 Å². The van der Waals surface area contributed by atoms with Crippen LogP contribution in [0.25, 0.3) is 0 Å². The Morgan fingerprint density at radius 1 is 1.05 bits per heavy atom. The standard InChI is InChI=1S/C16H28N2O/c1-4-6-7-8-9-14-18(13-5-2)16-15(19-3)11-10-12-17-16/h10-12H,4-9,13-14H2,1-3H3. The van der Waals surface area contributed by atoms with Crippen LogP contribution in [0, 0.1) is 0 Å². The molecule has 19 heavy (non-hydrogen) atoms. The van der Waals surface area contributed by atoms with E-state index in [1.54, 1.807) is 7.11 Å². The molecule has 0 atom stereocenters. The SMILES string of the molecule is CCCCCCCN(CCC)c1ncccc1OC. The second-order valence-corrected chi connectivity index (χ2v) is 4.93. The van der Waals surface area contributed by atoms with Crippen LogP contribution in [0.5, 0.6) is 5.75 Å². The minimum Gasteiger partial charge on any atom is -0.493 e. The predicted octanol–water partition coefficient (Wildman–Crippen LogP) is 4.28. The van der Waals surface area contributed by atoms with Crippen molar-refractivity contribution in [3.05, 3.63) is 18.3 Å². The Balaban J connectivity index is 2.55. The topological polar surface area (TPSA) is 25.4 Å². The third-order valence-electron chi connectivity index (χ3n) is 3.30. The van der Waals surface area contributed by atoms with E-state index in [0.717, 1.165) is 31.1 Å². The Labute approximate surface area is 118 Å². The molecular weight excluding hydrogens is 236 g/mol. The normalized spacial score (nSPS) is 10.5. The highest BCUT2D eigenvalue weighted by Crippen LogP contribution is 2.25. The lowest BCUT2D eigenvalue weighted by molar-refractivity contribution is 0.412. The van der Waals surface area contributed by atoms with Crippen molar-refractivity contribution in [2.45, 2.75) is 52.4 Å². The summed E-state index contributed by atoms with van der Waals surface area (Å²) in [7, 11) is 1.71. The molecule has 108 valence electrons. The lowest BCUT2D eigenvalue weighted by Crippen LogP contribution is -2.26. The number of hydrogen-bond acceptors (Lipinski definition) is 3. The molecule has 0 aliphatic carbocycles. The van der Waals surface area contributed by atoms with Crippen LogP contribution in [0.15, 0.2) is 18.3 Å². The van der Waals surface area contributed by atoms with E-state index in [1.165, 1.54) is 32.1 Å². The first kappa shape index (κ1) is 15.8. The van der Waals surface area contributed by atoms with Gasteiger partial charge < -0.3 is 9.64 Å². The zero-order chi connectivity index (χ0) is 13.9. The van der Waals surface area contributed by atoms with E-state index < -0.39 is 0 Å². The zero-order valence-electron chi connectivity index (χ0n) is 12.7. The third kappa shape index (κ3) is 5.50. The highest BCUT2D eigenvalue weighted by atomic mass is 16.5. The molecule has 0 spiro atoms. The average molecular weight is 264 g/mol. The summed E-state index contributed by atoms with van der Waals surface area (Å²) < 4.78 is 5.41. The summed E-state index contributed by atoms with van der Waals surface area (Å²) in [5.74, 6) is 1.87. The molecule has 1 aromatic rings. The maximum Gasteiger partial charge on any atom is 0.171 e. The highest BCUT2D eigenvalue weighted by Gasteiger charge is 2.11. The number of unbranched alkanes of at least 4 members (excludes halogenated alkanes) is 4. The first-order chi connectivity index (χ1) is 9.33. The Kier molecular flexibility index (Phi) is 8.03. The van der Waals surface area contributed by atoms with Crippen LogP contribution in [0.2, 0.25) is 0 Å². The molecule has 3 nitrogen and oxygen atoms in total. The summed E-state index contributed by atoms with van der Waals surface area (Å²) in [5, 5.41) is 0. The molecule has 1 heterocycles. The third-order valence-corrected chi connectivity index (χ3v) is 3.30. The fraction of sp³-hybridized carbons (Fsp3) is 0.688. The number of nitrogens with zero attached hydrogens (tertiary/aromatic N) is 2. The summed E-state index contributed by atoms with van der Waals surface area (Å²) >= 11 is 0. The van der Waals surface area contributed by atoms with Crippen molar-refractivity contribution in [2.75, 3.05) is 25.1 Å². The fourth-order valence-corrected chi connectivity index (χ4v) is 2.28. The van der Waals surface area contributed by atoms with Gasteiger partial charge in [0.05, 0.1) is 7.11 Å².